The molecule has 2 aromatic rings. The molecule has 0 radical (unpaired) electrons. The molecule has 2 amide bonds. The Hall–Kier alpha value is -2.01. The van der Waals surface area contributed by atoms with Gasteiger partial charge < -0.3 is 4.90 Å². The molecule has 0 bridgehead atoms. The van der Waals surface area contributed by atoms with E-state index in [1.165, 1.54) is 16.7 Å². The van der Waals surface area contributed by atoms with Gasteiger partial charge in [0.15, 0.2) is 9.84 Å². The smallest absolute Gasteiger partial charge is 0.266 e. The summed E-state index contributed by atoms with van der Waals surface area (Å²) in [6, 6.07) is 9.52. The molecule has 2 saturated heterocycles. The fraction of sp³-hybridized carbons (Fsp3) is 0.375. The first-order chi connectivity index (χ1) is 16.1. The maximum absolute atomic E-state index is 13.3. The van der Waals surface area contributed by atoms with Crippen LogP contribution in [0.15, 0.2) is 40.6 Å². The molecular weight excluding hydrogens is 509 g/mol. The van der Waals surface area contributed by atoms with E-state index in [1.54, 1.807) is 16.2 Å². The largest absolute Gasteiger partial charge is 0.333 e. The number of hydrogen-bond donors (Lipinski definition) is 0. The average Bonchev–Trinajstić information content (AvgIpc) is 3.43. The van der Waals surface area contributed by atoms with Crippen molar-refractivity contribution in [3.05, 3.63) is 62.2 Å². The molecule has 1 aromatic heterocycles. The molecule has 1 unspecified atom stereocenters. The minimum atomic E-state index is -3.14. The van der Waals surface area contributed by atoms with Gasteiger partial charge in [-0.25, -0.2) is 8.42 Å². The van der Waals surface area contributed by atoms with E-state index < -0.39 is 9.84 Å². The number of rotatable bonds is 7. The van der Waals surface area contributed by atoms with Gasteiger partial charge in [0.05, 0.1) is 23.0 Å². The third kappa shape index (κ3) is 5.79. The molecule has 0 saturated carbocycles. The zero-order chi connectivity index (χ0) is 24.5. The van der Waals surface area contributed by atoms with Gasteiger partial charge in [-0.3, -0.25) is 14.5 Å². The summed E-state index contributed by atoms with van der Waals surface area (Å²) in [6.45, 7) is 4.55. The molecular formula is C24H26N2O4S4. The zero-order valence-corrected chi connectivity index (χ0v) is 22.3. The van der Waals surface area contributed by atoms with Crippen LogP contribution in [-0.2, 0) is 26.0 Å². The van der Waals surface area contributed by atoms with Crippen LogP contribution in [0, 0.1) is 13.8 Å². The molecule has 34 heavy (non-hydrogen) atoms. The van der Waals surface area contributed by atoms with Crippen molar-refractivity contribution < 1.29 is 18.0 Å². The summed E-state index contributed by atoms with van der Waals surface area (Å²) in [5.74, 6) is -0.272. The Labute approximate surface area is 213 Å². The van der Waals surface area contributed by atoms with E-state index in [2.05, 4.69) is 0 Å². The van der Waals surface area contributed by atoms with Crippen LogP contribution in [0.5, 0.6) is 0 Å². The highest BCUT2D eigenvalue weighted by Crippen LogP contribution is 2.33. The zero-order valence-electron chi connectivity index (χ0n) is 19.0. The van der Waals surface area contributed by atoms with E-state index in [9.17, 15) is 18.0 Å². The van der Waals surface area contributed by atoms with Crippen LogP contribution in [-0.4, -0.2) is 58.4 Å². The quantitative estimate of drug-likeness (QED) is 0.392. The Morgan fingerprint density at radius 2 is 1.97 bits per heavy atom. The highest BCUT2D eigenvalue weighted by molar-refractivity contribution is 8.26. The summed E-state index contributed by atoms with van der Waals surface area (Å²) in [5, 5.41) is 1.97. The van der Waals surface area contributed by atoms with Gasteiger partial charge in [-0.2, -0.15) is 0 Å². The number of sulfone groups is 1. The van der Waals surface area contributed by atoms with Crippen LogP contribution in [0.2, 0.25) is 0 Å². The number of hydrogen-bond acceptors (Lipinski definition) is 7. The predicted octanol–water partition coefficient (Wildman–Crippen LogP) is 4.17. The lowest BCUT2D eigenvalue weighted by molar-refractivity contribution is -0.134. The van der Waals surface area contributed by atoms with Gasteiger partial charge in [0.25, 0.3) is 5.91 Å². The van der Waals surface area contributed by atoms with Crippen LogP contribution < -0.4 is 0 Å². The fourth-order valence-corrected chi connectivity index (χ4v) is 7.96. The lowest BCUT2D eigenvalue weighted by Gasteiger charge is -2.29. The Morgan fingerprint density at radius 3 is 2.59 bits per heavy atom. The standard InChI is InChI=1S/C24H26N2O4S4/c1-16-3-5-18(6-4-16)13-20-23(28)25(24(31)33-20)10-7-22(27)26(14-21-17(2)8-11-32-21)19-9-12-34(29,30)15-19/h3-6,8,11,13,19H,7,9-10,12,14-15H2,1-2H3/b20-13-. The van der Waals surface area contributed by atoms with Crippen molar-refractivity contribution in [2.75, 3.05) is 18.1 Å². The monoisotopic (exact) mass is 534 g/mol. The van der Waals surface area contributed by atoms with Crippen molar-refractivity contribution in [2.24, 2.45) is 0 Å². The number of amides is 2. The van der Waals surface area contributed by atoms with Gasteiger partial charge in [0.2, 0.25) is 5.91 Å². The number of thiophene rings is 1. The second-order valence-corrected chi connectivity index (χ2v) is 13.5. The van der Waals surface area contributed by atoms with Crippen molar-refractivity contribution in [1.82, 2.24) is 9.80 Å². The van der Waals surface area contributed by atoms with Gasteiger partial charge >= 0.3 is 0 Å². The summed E-state index contributed by atoms with van der Waals surface area (Å²) in [7, 11) is -3.14. The summed E-state index contributed by atoms with van der Waals surface area (Å²) in [4.78, 5) is 31.0. The molecule has 1 aromatic carbocycles. The van der Waals surface area contributed by atoms with Crippen molar-refractivity contribution in [2.45, 2.75) is 39.3 Å². The van der Waals surface area contributed by atoms with Gasteiger partial charge in [-0.1, -0.05) is 53.8 Å². The average molecular weight is 535 g/mol. The van der Waals surface area contributed by atoms with Gasteiger partial charge in [-0.15, -0.1) is 11.3 Å². The first-order valence-electron chi connectivity index (χ1n) is 11.0. The lowest BCUT2D eigenvalue weighted by atomic mass is 10.1. The Bertz CT molecular complexity index is 1250. The number of nitrogens with zero attached hydrogens (tertiary/aromatic N) is 2. The summed E-state index contributed by atoms with van der Waals surface area (Å²) in [6.07, 6.45) is 2.35. The van der Waals surface area contributed by atoms with Crippen molar-refractivity contribution >= 4 is 67.4 Å². The van der Waals surface area contributed by atoms with Gasteiger partial charge in [0, 0.05) is 23.9 Å². The van der Waals surface area contributed by atoms with E-state index in [4.69, 9.17) is 12.2 Å². The van der Waals surface area contributed by atoms with Gasteiger partial charge in [0.1, 0.15) is 4.32 Å². The first-order valence-corrected chi connectivity index (χ1v) is 14.9. The molecule has 2 aliphatic heterocycles. The van der Waals surface area contributed by atoms with E-state index in [0.29, 0.717) is 22.2 Å². The SMILES string of the molecule is Cc1ccc(/C=C2\SC(=S)N(CCC(=O)N(Cc3sccc3C)C3CCS(=O)(=O)C3)C2=O)cc1. The van der Waals surface area contributed by atoms with Crippen molar-refractivity contribution in [3.8, 4) is 0 Å². The summed E-state index contributed by atoms with van der Waals surface area (Å²) < 4.78 is 24.6. The Morgan fingerprint density at radius 1 is 1.24 bits per heavy atom. The van der Waals surface area contributed by atoms with E-state index in [1.807, 2.05) is 55.6 Å². The predicted molar refractivity (Wildman–Crippen MR) is 142 cm³/mol. The molecule has 2 fully saturated rings. The molecule has 3 heterocycles. The number of benzene rings is 1. The Kier molecular flexibility index (Phi) is 7.61. The van der Waals surface area contributed by atoms with E-state index in [0.717, 1.165) is 21.6 Å². The third-order valence-electron chi connectivity index (χ3n) is 6.05. The van der Waals surface area contributed by atoms with E-state index in [-0.39, 0.29) is 42.3 Å². The fourth-order valence-electron chi connectivity index (χ4n) is 4.02. The number of carbonyl (C=O) groups is 2. The molecule has 0 N–H and O–H groups in total. The van der Waals surface area contributed by atoms with Crippen LogP contribution in [0.1, 0.15) is 34.4 Å². The highest BCUT2D eigenvalue weighted by atomic mass is 32.2. The summed E-state index contributed by atoms with van der Waals surface area (Å²) in [5.41, 5.74) is 3.14. The molecule has 1 atom stereocenters. The minimum Gasteiger partial charge on any atom is -0.333 e. The summed E-state index contributed by atoms with van der Waals surface area (Å²) >= 11 is 8.22. The molecule has 10 heteroatoms. The molecule has 0 aliphatic carbocycles. The lowest BCUT2D eigenvalue weighted by Crippen LogP contribution is -2.42. The molecule has 0 spiro atoms. The number of aryl methyl sites for hydroxylation is 2. The topological polar surface area (TPSA) is 74.8 Å². The van der Waals surface area contributed by atoms with Crippen molar-refractivity contribution in [1.29, 1.82) is 0 Å². The van der Waals surface area contributed by atoms with Crippen LogP contribution in [0.25, 0.3) is 6.08 Å². The normalized spacial score (nSPS) is 20.9. The molecule has 180 valence electrons. The second kappa shape index (κ2) is 10.3. The second-order valence-electron chi connectivity index (χ2n) is 8.60. The molecule has 6 nitrogen and oxygen atoms in total. The third-order valence-corrected chi connectivity index (χ3v) is 10.2. The van der Waals surface area contributed by atoms with Crippen LogP contribution in [0.3, 0.4) is 0 Å². The van der Waals surface area contributed by atoms with E-state index >= 15 is 0 Å². The molecule has 2 aliphatic rings. The first kappa shape index (κ1) is 25.1. The van der Waals surface area contributed by atoms with Crippen molar-refractivity contribution in [3.63, 3.8) is 0 Å². The minimum absolute atomic E-state index is 0.0104. The number of carbonyl (C=O) groups excluding carboxylic acids is 2. The molecule has 4 rings (SSSR count). The van der Waals surface area contributed by atoms with Crippen LogP contribution >= 0.6 is 35.3 Å². The van der Waals surface area contributed by atoms with Gasteiger partial charge in [-0.05, 0) is 48.9 Å². The maximum atomic E-state index is 13.3. The number of thiocarbonyl (C=S) groups is 1. The maximum Gasteiger partial charge on any atom is 0.266 e. The highest BCUT2D eigenvalue weighted by Gasteiger charge is 2.36. The number of thioether (sulfide) groups is 1. The Balaban J connectivity index is 1.45. The van der Waals surface area contributed by atoms with Crippen LogP contribution in [0.4, 0.5) is 0 Å².